The van der Waals surface area contributed by atoms with Crippen LogP contribution >= 0.6 is 12.4 Å². The Morgan fingerprint density at radius 3 is 2.81 bits per heavy atom. The van der Waals surface area contributed by atoms with Gasteiger partial charge in [-0.15, -0.1) is 12.4 Å². The number of carbonyl (C=O) groups is 1. The van der Waals surface area contributed by atoms with Gasteiger partial charge >= 0.3 is 0 Å². The van der Waals surface area contributed by atoms with E-state index in [1.165, 1.54) is 0 Å². The molecule has 1 rings (SSSR count). The van der Waals surface area contributed by atoms with Crippen LogP contribution in [-0.4, -0.2) is 51.0 Å². The lowest BCUT2D eigenvalue weighted by Crippen LogP contribution is -2.55. The van der Waals surface area contributed by atoms with Crippen LogP contribution in [0.4, 0.5) is 0 Å². The minimum Gasteiger partial charge on any atom is -0.382 e. The fraction of sp³-hybridized carbons (Fsp3) is 0.900. The van der Waals surface area contributed by atoms with E-state index in [-0.39, 0.29) is 30.0 Å². The van der Waals surface area contributed by atoms with Gasteiger partial charge in [-0.25, -0.2) is 0 Å². The lowest BCUT2D eigenvalue weighted by Gasteiger charge is -2.29. The number of nitrogens with one attached hydrogen (secondary N) is 2. The average molecular weight is 253 g/mol. The third-order valence-corrected chi connectivity index (χ3v) is 2.19. The minimum atomic E-state index is -0.380. The van der Waals surface area contributed by atoms with Crippen molar-refractivity contribution in [3.05, 3.63) is 0 Å². The van der Waals surface area contributed by atoms with Crippen LogP contribution in [0.25, 0.3) is 0 Å². The van der Waals surface area contributed by atoms with Gasteiger partial charge in [0, 0.05) is 20.2 Å². The first-order valence-electron chi connectivity index (χ1n) is 5.18. The van der Waals surface area contributed by atoms with Crippen molar-refractivity contribution in [3.8, 4) is 0 Å². The van der Waals surface area contributed by atoms with Crippen molar-refractivity contribution in [3.63, 3.8) is 0 Å². The van der Waals surface area contributed by atoms with Crippen LogP contribution in [0.1, 0.15) is 13.8 Å². The van der Waals surface area contributed by atoms with Gasteiger partial charge in [0.15, 0.2) is 0 Å². The topological polar surface area (TPSA) is 59.6 Å². The zero-order valence-electron chi connectivity index (χ0n) is 10.0. The van der Waals surface area contributed by atoms with Crippen molar-refractivity contribution in [1.29, 1.82) is 0 Å². The zero-order valence-corrected chi connectivity index (χ0v) is 10.9. The Morgan fingerprint density at radius 1 is 1.62 bits per heavy atom. The fourth-order valence-corrected chi connectivity index (χ4v) is 1.54. The van der Waals surface area contributed by atoms with Gasteiger partial charge in [0.05, 0.1) is 18.8 Å². The number of amides is 1. The van der Waals surface area contributed by atoms with E-state index in [9.17, 15) is 4.79 Å². The summed E-state index contributed by atoms with van der Waals surface area (Å²) in [7, 11) is 1.62. The van der Waals surface area contributed by atoms with Gasteiger partial charge in [0.2, 0.25) is 0 Å². The fourth-order valence-electron chi connectivity index (χ4n) is 1.54. The Balaban J connectivity index is 0.00000225. The van der Waals surface area contributed by atoms with Gasteiger partial charge in [0.25, 0.3) is 5.91 Å². The van der Waals surface area contributed by atoms with Gasteiger partial charge in [0.1, 0.15) is 6.10 Å². The van der Waals surface area contributed by atoms with Gasteiger partial charge in [-0.2, -0.15) is 0 Å². The van der Waals surface area contributed by atoms with E-state index >= 15 is 0 Å². The molecule has 5 nitrogen and oxygen atoms in total. The third kappa shape index (κ3) is 5.12. The van der Waals surface area contributed by atoms with Gasteiger partial charge in [-0.3, -0.25) is 4.79 Å². The van der Waals surface area contributed by atoms with Crippen LogP contribution in [0.5, 0.6) is 0 Å². The lowest BCUT2D eigenvalue weighted by molar-refractivity contribution is -0.136. The number of hydrogen-bond donors (Lipinski definition) is 2. The first-order chi connectivity index (χ1) is 7.05. The second-order valence-corrected chi connectivity index (χ2v) is 4.37. The Bertz CT molecular complexity index is 218. The molecule has 96 valence electrons. The zero-order chi connectivity index (χ0) is 11.3. The summed E-state index contributed by atoms with van der Waals surface area (Å²) >= 11 is 0. The second kappa shape index (κ2) is 7.06. The van der Waals surface area contributed by atoms with Crippen LogP contribution < -0.4 is 10.6 Å². The summed E-state index contributed by atoms with van der Waals surface area (Å²) in [6.45, 7) is 6.30. The first kappa shape index (κ1) is 15.6. The highest BCUT2D eigenvalue weighted by molar-refractivity contribution is 5.85. The molecule has 6 heteroatoms. The molecule has 0 aromatic heterocycles. The number of ether oxygens (including phenoxy) is 2. The summed E-state index contributed by atoms with van der Waals surface area (Å²) in [5, 5.41) is 6.01. The summed E-state index contributed by atoms with van der Waals surface area (Å²) in [6.07, 6.45) is -0.380. The van der Waals surface area contributed by atoms with E-state index in [4.69, 9.17) is 9.47 Å². The lowest BCUT2D eigenvalue weighted by atomic mass is 10.1. The normalized spacial score (nSPS) is 21.1. The molecule has 0 aromatic carbocycles. The molecule has 0 aliphatic carbocycles. The van der Waals surface area contributed by atoms with E-state index in [2.05, 4.69) is 10.6 Å². The Hall–Kier alpha value is -0.360. The average Bonchev–Trinajstić information content (AvgIpc) is 2.18. The highest BCUT2D eigenvalue weighted by atomic mass is 35.5. The molecule has 1 atom stereocenters. The van der Waals surface area contributed by atoms with Crippen LogP contribution in [0.2, 0.25) is 0 Å². The largest absolute Gasteiger partial charge is 0.382 e. The molecule has 1 fully saturated rings. The van der Waals surface area contributed by atoms with E-state index < -0.39 is 0 Å². The molecule has 1 aliphatic rings. The summed E-state index contributed by atoms with van der Waals surface area (Å²) in [5.41, 5.74) is -0.355. The van der Waals surface area contributed by atoms with Crippen molar-refractivity contribution >= 4 is 18.3 Å². The molecule has 0 aromatic rings. The van der Waals surface area contributed by atoms with Gasteiger partial charge < -0.3 is 20.1 Å². The third-order valence-electron chi connectivity index (χ3n) is 2.19. The Kier molecular flexibility index (Phi) is 6.90. The number of rotatable bonds is 4. The molecule has 16 heavy (non-hydrogen) atoms. The van der Waals surface area contributed by atoms with Crippen molar-refractivity contribution in [2.45, 2.75) is 25.5 Å². The summed E-state index contributed by atoms with van der Waals surface area (Å²) < 4.78 is 10.4. The SMILES string of the molecule is COCC(C)(C)NC(=O)[C@H]1CNCCO1.Cl. The number of halogens is 1. The van der Waals surface area contributed by atoms with Crippen molar-refractivity contribution in [2.24, 2.45) is 0 Å². The molecule has 2 N–H and O–H groups in total. The summed E-state index contributed by atoms with van der Waals surface area (Å²) in [5.74, 6) is -0.0794. The van der Waals surface area contributed by atoms with E-state index in [1.807, 2.05) is 13.8 Å². The van der Waals surface area contributed by atoms with E-state index in [1.54, 1.807) is 7.11 Å². The van der Waals surface area contributed by atoms with Gasteiger partial charge in [-0.1, -0.05) is 0 Å². The quantitative estimate of drug-likeness (QED) is 0.736. The maximum absolute atomic E-state index is 11.8. The number of methoxy groups -OCH3 is 1. The maximum Gasteiger partial charge on any atom is 0.250 e. The van der Waals surface area contributed by atoms with Crippen LogP contribution in [-0.2, 0) is 14.3 Å². The van der Waals surface area contributed by atoms with E-state index in [0.717, 1.165) is 6.54 Å². The standard InChI is InChI=1S/C10H20N2O3.ClH/c1-10(2,7-14-3)12-9(13)8-6-11-4-5-15-8;/h8,11H,4-7H2,1-3H3,(H,12,13);1H/t8-;/m1./s1. The van der Waals surface area contributed by atoms with Crippen molar-refractivity contribution in [1.82, 2.24) is 10.6 Å². The predicted octanol–water partition coefficient (Wildman–Crippen LogP) is -0.0622. The molecule has 1 aliphatic heterocycles. The molecule has 1 heterocycles. The highest BCUT2D eigenvalue weighted by Gasteiger charge is 2.27. The Morgan fingerprint density at radius 2 is 2.31 bits per heavy atom. The second-order valence-electron chi connectivity index (χ2n) is 4.37. The monoisotopic (exact) mass is 252 g/mol. The van der Waals surface area contributed by atoms with Crippen molar-refractivity contribution in [2.75, 3.05) is 33.4 Å². The van der Waals surface area contributed by atoms with Gasteiger partial charge in [-0.05, 0) is 13.8 Å². The van der Waals surface area contributed by atoms with E-state index in [0.29, 0.717) is 19.8 Å². The number of carbonyl (C=O) groups excluding carboxylic acids is 1. The van der Waals surface area contributed by atoms with Crippen LogP contribution in [0.3, 0.4) is 0 Å². The molecule has 1 saturated heterocycles. The van der Waals surface area contributed by atoms with Crippen LogP contribution in [0, 0.1) is 0 Å². The molecule has 0 unspecified atom stereocenters. The van der Waals surface area contributed by atoms with Crippen molar-refractivity contribution < 1.29 is 14.3 Å². The highest BCUT2D eigenvalue weighted by Crippen LogP contribution is 2.04. The number of morpholine rings is 1. The molecule has 0 spiro atoms. The number of hydrogen-bond acceptors (Lipinski definition) is 4. The first-order valence-corrected chi connectivity index (χ1v) is 5.18. The summed E-state index contributed by atoms with van der Waals surface area (Å²) in [4.78, 5) is 11.8. The summed E-state index contributed by atoms with van der Waals surface area (Å²) in [6, 6.07) is 0. The molecular weight excluding hydrogens is 232 g/mol. The minimum absolute atomic E-state index is 0. The smallest absolute Gasteiger partial charge is 0.250 e. The molecule has 0 radical (unpaired) electrons. The Labute approximate surface area is 103 Å². The maximum atomic E-state index is 11.8. The molecule has 0 bridgehead atoms. The molecule has 1 amide bonds. The molecular formula is C10H21ClN2O3. The predicted molar refractivity (Wildman–Crippen MR) is 64.0 cm³/mol. The molecule has 0 saturated carbocycles. The van der Waals surface area contributed by atoms with Crippen LogP contribution in [0.15, 0.2) is 0 Å².